The number of carbonyl (C=O) groups excluding carboxylic acids is 1. The van der Waals surface area contributed by atoms with Crippen LogP contribution in [0.1, 0.15) is 13.8 Å². The Labute approximate surface area is 106 Å². The predicted octanol–water partition coefficient (Wildman–Crippen LogP) is 2.61. The van der Waals surface area contributed by atoms with Gasteiger partial charge in [-0.2, -0.15) is 0 Å². The van der Waals surface area contributed by atoms with Gasteiger partial charge in [-0.05, 0) is 25.1 Å². The molecule has 0 spiro atoms. The van der Waals surface area contributed by atoms with Crippen LogP contribution in [0.4, 0.5) is 17.3 Å². The van der Waals surface area contributed by atoms with Crippen LogP contribution >= 0.6 is 0 Å². The number of hydrogen-bond donors (Lipinski definition) is 2. The maximum atomic E-state index is 11.0. The van der Waals surface area contributed by atoms with Crippen molar-refractivity contribution in [2.45, 2.75) is 20.4 Å². The average molecular weight is 244 g/mol. The molecule has 18 heavy (non-hydrogen) atoms. The lowest BCUT2D eigenvalue weighted by Gasteiger charge is -2.09. The van der Waals surface area contributed by atoms with Gasteiger partial charge in [0.05, 0.1) is 0 Å². The minimum atomic E-state index is -0.0813. The van der Waals surface area contributed by atoms with Gasteiger partial charge in [-0.25, -0.2) is 4.98 Å². The number of aryl methyl sites for hydroxylation is 1. The zero-order valence-electron chi connectivity index (χ0n) is 10.5. The number of rotatable bonds is 4. The first-order valence-electron chi connectivity index (χ1n) is 5.85. The van der Waals surface area contributed by atoms with Gasteiger partial charge >= 0.3 is 0 Å². The summed E-state index contributed by atoms with van der Waals surface area (Å²) < 4.78 is 2.01. The Morgan fingerprint density at radius 1 is 1.39 bits per heavy atom. The standard InChI is InChI=1S/C13H16N4O/c1-3-17-8-7-14-13(17)16-12-6-4-5-11(9-12)15-10(2)18/h4-9H,3H2,1-2H3,(H,14,16)(H,15,18). The second-order valence-corrected chi connectivity index (χ2v) is 3.92. The second kappa shape index (κ2) is 5.35. The van der Waals surface area contributed by atoms with E-state index in [0.29, 0.717) is 0 Å². The lowest BCUT2D eigenvalue weighted by molar-refractivity contribution is -0.114. The molecule has 1 amide bonds. The molecule has 0 radical (unpaired) electrons. The molecular weight excluding hydrogens is 228 g/mol. The number of aromatic nitrogens is 2. The first-order chi connectivity index (χ1) is 8.69. The van der Waals surface area contributed by atoms with Crippen molar-refractivity contribution < 1.29 is 4.79 Å². The molecule has 94 valence electrons. The molecule has 0 bridgehead atoms. The van der Waals surface area contributed by atoms with Crippen molar-refractivity contribution in [1.29, 1.82) is 0 Å². The largest absolute Gasteiger partial charge is 0.326 e. The van der Waals surface area contributed by atoms with E-state index in [9.17, 15) is 4.79 Å². The molecule has 0 fully saturated rings. The first-order valence-corrected chi connectivity index (χ1v) is 5.85. The molecule has 0 aliphatic carbocycles. The van der Waals surface area contributed by atoms with Crippen molar-refractivity contribution in [3.05, 3.63) is 36.7 Å². The van der Waals surface area contributed by atoms with Crippen LogP contribution in [0.5, 0.6) is 0 Å². The molecule has 5 nitrogen and oxygen atoms in total. The number of anilines is 3. The minimum absolute atomic E-state index is 0.0813. The molecular formula is C13H16N4O. The predicted molar refractivity (Wildman–Crippen MR) is 71.9 cm³/mol. The van der Waals surface area contributed by atoms with Crippen LogP contribution < -0.4 is 10.6 Å². The van der Waals surface area contributed by atoms with Crippen molar-refractivity contribution in [3.63, 3.8) is 0 Å². The summed E-state index contributed by atoms with van der Waals surface area (Å²) in [5.74, 6) is 0.708. The fourth-order valence-corrected chi connectivity index (χ4v) is 1.70. The van der Waals surface area contributed by atoms with Gasteiger partial charge in [-0.15, -0.1) is 0 Å². The van der Waals surface area contributed by atoms with E-state index >= 15 is 0 Å². The van der Waals surface area contributed by atoms with E-state index in [-0.39, 0.29) is 5.91 Å². The fraction of sp³-hybridized carbons (Fsp3) is 0.231. The summed E-state index contributed by atoms with van der Waals surface area (Å²) in [7, 11) is 0. The lowest BCUT2D eigenvalue weighted by atomic mass is 10.3. The Hall–Kier alpha value is -2.30. The van der Waals surface area contributed by atoms with Gasteiger partial charge in [0.1, 0.15) is 0 Å². The first kappa shape index (κ1) is 12.2. The summed E-state index contributed by atoms with van der Waals surface area (Å²) in [6, 6.07) is 7.53. The number of benzene rings is 1. The molecule has 0 aliphatic rings. The summed E-state index contributed by atoms with van der Waals surface area (Å²) in [5.41, 5.74) is 1.66. The van der Waals surface area contributed by atoms with E-state index in [1.807, 2.05) is 35.0 Å². The highest BCUT2D eigenvalue weighted by Crippen LogP contribution is 2.19. The number of amides is 1. The summed E-state index contributed by atoms with van der Waals surface area (Å²) in [6.07, 6.45) is 3.67. The van der Waals surface area contributed by atoms with Crippen molar-refractivity contribution >= 4 is 23.2 Å². The maximum absolute atomic E-state index is 11.0. The van der Waals surface area contributed by atoms with Crippen LogP contribution in [-0.2, 0) is 11.3 Å². The molecule has 0 atom stereocenters. The Balaban J connectivity index is 2.16. The van der Waals surface area contributed by atoms with Crippen LogP contribution in [0, 0.1) is 0 Å². The SMILES string of the molecule is CCn1ccnc1Nc1cccc(NC(C)=O)c1. The van der Waals surface area contributed by atoms with Crippen LogP contribution in [0.25, 0.3) is 0 Å². The van der Waals surface area contributed by atoms with E-state index < -0.39 is 0 Å². The van der Waals surface area contributed by atoms with Gasteiger partial charge in [0.25, 0.3) is 0 Å². The molecule has 2 rings (SSSR count). The van der Waals surface area contributed by atoms with Gasteiger partial charge in [-0.3, -0.25) is 4.79 Å². The van der Waals surface area contributed by atoms with E-state index in [2.05, 4.69) is 22.5 Å². The highest BCUT2D eigenvalue weighted by molar-refractivity contribution is 5.89. The van der Waals surface area contributed by atoms with Crippen LogP contribution in [0.2, 0.25) is 0 Å². The highest BCUT2D eigenvalue weighted by atomic mass is 16.1. The van der Waals surface area contributed by atoms with Crippen molar-refractivity contribution in [2.75, 3.05) is 10.6 Å². The molecule has 1 heterocycles. The normalized spacial score (nSPS) is 10.1. The second-order valence-electron chi connectivity index (χ2n) is 3.92. The van der Waals surface area contributed by atoms with Gasteiger partial charge in [0, 0.05) is 37.2 Å². The third-order valence-corrected chi connectivity index (χ3v) is 2.50. The number of hydrogen-bond acceptors (Lipinski definition) is 3. The number of carbonyl (C=O) groups is 1. The molecule has 2 aromatic rings. The summed E-state index contributed by atoms with van der Waals surface area (Å²) in [6.45, 7) is 4.40. The number of nitrogens with zero attached hydrogens (tertiary/aromatic N) is 2. The molecule has 0 unspecified atom stereocenters. The Kier molecular flexibility index (Phi) is 3.62. The Morgan fingerprint density at radius 2 is 2.17 bits per heavy atom. The van der Waals surface area contributed by atoms with Gasteiger partial charge in [0.15, 0.2) is 0 Å². The van der Waals surface area contributed by atoms with Crippen molar-refractivity contribution in [3.8, 4) is 0 Å². The molecule has 2 N–H and O–H groups in total. The highest BCUT2D eigenvalue weighted by Gasteiger charge is 2.02. The number of nitrogens with one attached hydrogen (secondary N) is 2. The Morgan fingerprint density at radius 3 is 2.89 bits per heavy atom. The van der Waals surface area contributed by atoms with Gasteiger partial charge in [-0.1, -0.05) is 6.07 Å². The smallest absolute Gasteiger partial charge is 0.221 e. The van der Waals surface area contributed by atoms with Gasteiger partial charge < -0.3 is 15.2 Å². The van der Waals surface area contributed by atoms with Crippen LogP contribution in [0.3, 0.4) is 0 Å². The zero-order valence-corrected chi connectivity index (χ0v) is 10.5. The van der Waals surface area contributed by atoms with Crippen molar-refractivity contribution in [1.82, 2.24) is 9.55 Å². The molecule has 0 aliphatic heterocycles. The summed E-state index contributed by atoms with van der Waals surface area (Å²) in [4.78, 5) is 15.2. The summed E-state index contributed by atoms with van der Waals surface area (Å²) in [5, 5.41) is 5.96. The van der Waals surface area contributed by atoms with Gasteiger partial charge in [0.2, 0.25) is 11.9 Å². The quantitative estimate of drug-likeness (QED) is 0.869. The monoisotopic (exact) mass is 244 g/mol. The number of imidazole rings is 1. The third-order valence-electron chi connectivity index (χ3n) is 2.50. The fourth-order valence-electron chi connectivity index (χ4n) is 1.70. The third kappa shape index (κ3) is 2.88. The lowest BCUT2D eigenvalue weighted by Crippen LogP contribution is -2.06. The molecule has 1 aromatic carbocycles. The molecule has 0 saturated carbocycles. The average Bonchev–Trinajstić information content (AvgIpc) is 2.76. The van der Waals surface area contributed by atoms with E-state index in [0.717, 1.165) is 23.9 Å². The van der Waals surface area contributed by atoms with Crippen LogP contribution in [-0.4, -0.2) is 15.5 Å². The molecule has 5 heteroatoms. The Bertz CT molecular complexity index is 547. The van der Waals surface area contributed by atoms with E-state index in [4.69, 9.17) is 0 Å². The molecule has 0 saturated heterocycles. The minimum Gasteiger partial charge on any atom is -0.326 e. The van der Waals surface area contributed by atoms with E-state index in [1.165, 1.54) is 6.92 Å². The molecule has 1 aromatic heterocycles. The van der Waals surface area contributed by atoms with E-state index in [1.54, 1.807) is 6.20 Å². The van der Waals surface area contributed by atoms with Crippen LogP contribution in [0.15, 0.2) is 36.7 Å². The summed E-state index contributed by atoms with van der Waals surface area (Å²) >= 11 is 0. The topological polar surface area (TPSA) is 59.0 Å². The zero-order chi connectivity index (χ0) is 13.0. The van der Waals surface area contributed by atoms with Crippen molar-refractivity contribution in [2.24, 2.45) is 0 Å². The maximum Gasteiger partial charge on any atom is 0.221 e.